The van der Waals surface area contributed by atoms with Gasteiger partial charge >= 0.3 is 0 Å². The lowest BCUT2D eigenvalue weighted by atomic mass is 10.2. The second-order valence-corrected chi connectivity index (χ2v) is 6.32. The van der Waals surface area contributed by atoms with E-state index in [2.05, 4.69) is 20.2 Å². The molecule has 6 nitrogen and oxygen atoms in total. The van der Waals surface area contributed by atoms with Crippen molar-refractivity contribution in [2.45, 2.75) is 25.4 Å². The van der Waals surface area contributed by atoms with Crippen LogP contribution in [-0.4, -0.2) is 52.3 Å². The zero-order valence-corrected chi connectivity index (χ0v) is 12.7. The molecule has 114 valence electrons. The van der Waals surface area contributed by atoms with Crippen molar-refractivity contribution in [1.82, 2.24) is 20.2 Å². The van der Waals surface area contributed by atoms with E-state index in [0.29, 0.717) is 29.7 Å². The summed E-state index contributed by atoms with van der Waals surface area (Å²) in [6, 6.07) is 2.33. The first-order valence-electron chi connectivity index (χ1n) is 7.29. The molecule has 0 saturated carbocycles. The Morgan fingerprint density at radius 1 is 1.52 bits per heavy atom. The lowest BCUT2D eigenvalue weighted by molar-refractivity contribution is 0.176. The molecule has 0 aliphatic carbocycles. The van der Waals surface area contributed by atoms with Gasteiger partial charge in [0, 0.05) is 19.1 Å². The second-order valence-electron chi connectivity index (χ2n) is 5.40. The highest BCUT2D eigenvalue weighted by Gasteiger charge is 2.18. The number of hydrogen-bond donors (Lipinski definition) is 3. The SMILES string of the molecule is O=c1[nH]c(CN(CCO)CC2CCCN2)nc2ccsc12. The van der Waals surface area contributed by atoms with Gasteiger partial charge in [0.05, 0.1) is 18.7 Å². The van der Waals surface area contributed by atoms with E-state index >= 15 is 0 Å². The summed E-state index contributed by atoms with van der Waals surface area (Å²) in [4.78, 5) is 21.5. The lowest BCUT2D eigenvalue weighted by Crippen LogP contribution is -2.39. The number of H-pyrrole nitrogens is 1. The van der Waals surface area contributed by atoms with Crippen LogP contribution in [0.15, 0.2) is 16.2 Å². The van der Waals surface area contributed by atoms with E-state index in [4.69, 9.17) is 0 Å². The minimum atomic E-state index is -0.0760. The summed E-state index contributed by atoms with van der Waals surface area (Å²) >= 11 is 1.41. The quantitative estimate of drug-likeness (QED) is 0.725. The van der Waals surface area contributed by atoms with Crippen LogP contribution in [0.25, 0.3) is 10.2 Å². The fourth-order valence-corrected chi connectivity index (χ4v) is 3.53. The molecule has 0 radical (unpaired) electrons. The lowest BCUT2D eigenvalue weighted by Gasteiger charge is -2.24. The number of fused-ring (bicyclic) bond motifs is 1. The van der Waals surface area contributed by atoms with Crippen molar-refractivity contribution >= 4 is 21.6 Å². The van der Waals surface area contributed by atoms with Crippen molar-refractivity contribution in [2.75, 3.05) is 26.2 Å². The molecule has 3 N–H and O–H groups in total. The van der Waals surface area contributed by atoms with E-state index in [-0.39, 0.29) is 12.2 Å². The first-order valence-corrected chi connectivity index (χ1v) is 8.17. The molecular formula is C14H20N4O2S. The monoisotopic (exact) mass is 308 g/mol. The minimum Gasteiger partial charge on any atom is -0.395 e. The fraction of sp³-hybridized carbons (Fsp3) is 0.571. The molecular weight excluding hydrogens is 288 g/mol. The second kappa shape index (κ2) is 6.65. The first kappa shape index (κ1) is 14.6. The molecule has 1 fully saturated rings. The molecule has 0 aromatic carbocycles. The molecule has 0 bridgehead atoms. The average Bonchev–Trinajstić information content (AvgIpc) is 3.10. The Morgan fingerprint density at radius 2 is 2.43 bits per heavy atom. The Balaban J connectivity index is 1.74. The maximum absolute atomic E-state index is 12.0. The van der Waals surface area contributed by atoms with E-state index in [1.54, 1.807) is 0 Å². The fourth-order valence-electron chi connectivity index (χ4n) is 2.81. The van der Waals surface area contributed by atoms with Gasteiger partial charge in [0.1, 0.15) is 10.5 Å². The molecule has 0 amide bonds. The third kappa shape index (κ3) is 3.49. The molecule has 0 spiro atoms. The highest BCUT2D eigenvalue weighted by molar-refractivity contribution is 7.17. The van der Waals surface area contributed by atoms with Crippen LogP contribution in [0.5, 0.6) is 0 Å². The molecule has 1 unspecified atom stereocenters. The van der Waals surface area contributed by atoms with Crippen LogP contribution in [0, 0.1) is 0 Å². The first-order chi connectivity index (χ1) is 10.3. The number of rotatable bonds is 6. The number of aliphatic hydroxyl groups is 1. The van der Waals surface area contributed by atoms with Gasteiger partial charge in [0.15, 0.2) is 0 Å². The van der Waals surface area contributed by atoms with E-state index in [1.807, 2.05) is 11.4 Å². The molecule has 21 heavy (non-hydrogen) atoms. The summed E-state index contributed by atoms with van der Waals surface area (Å²) in [5.74, 6) is 0.664. The zero-order valence-electron chi connectivity index (χ0n) is 11.8. The maximum Gasteiger partial charge on any atom is 0.268 e. The van der Waals surface area contributed by atoms with Crippen molar-refractivity contribution in [2.24, 2.45) is 0 Å². The Morgan fingerprint density at radius 3 is 3.19 bits per heavy atom. The normalized spacial score (nSPS) is 18.9. The molecule has 1 atom stereocenters. The largest absolute Gasteiger partial charge is 0.395 e. The van der Waals surface area contributed by atoms with Gasteiger partial charge in [-0.25, -0.2) is 4.98 Å². The molecule has 2 aromatic rings. The third-order valence-corrected chi connectivity index (χ3v) is 4.70. The predicted octanol–water partition coefficient (Wildman–Crippen LogP) is 0.531. The van der Waals surface area contributed by atoms with Crippen LogP contribution < -0.4 is 10.9 Å². The number of nitrogens with zero attached hydrogens (tertiary/aromatic N) is 2. The van der Waals surface area contributed by atoms with E-state index in [1.165, 1.54) is 17.8 Å². The molecule has 1 aliphatic rings. The average molecular weight is 308 g/mol. The van der Waals surface area contributed by atoms with Gasteiger partial charge < -0.3 is 15.4 Å². The third-order valence-electron chi connectivity index (χ3n) is 3.79. The molecule has 3 heterocycles. The van der Waals surface area contributed by atoms with Crippen LogP contribution in [0.1, 0.15) is 18.7 Å². The van der Waals surface area contributed by atoms with Gasteiger partial charge in [-0.05, 0) is 30.8 Å². The minimum absolute atomic E-state index is 0.0760. The van der Waals surface area contributed by atoms with Gasteiger partial charge in [0.25, 0.3) is 5.56 Å². The van der Waals surface area contributed by atoms with Crippen LogP contribution in [0.2, 0.25) is 0 Å². The van der Waals surface area contributed by atoms with Gasteiger partial charge in [0.2, 0.25) is 0 Å². The summed E-state index contributed by atoms with van der Waals surface area (Å²) < 4.78 is 0.671. The van der Waals surface area contributed by atoms with Crippen molar-refractivity contribution in [3.8, 4) is 0 Å². The molecule has 2 aromatic heterocycles. The van der Waals surface area contributed by atoms with Crippen molar-refractivity contribution < 1.29 is 5.11 Å². The number of thiophene rings is 1. The number of aliphatic hydroxyl groups excluding tert-OH is 1. The maximum atomic E-state index is 12.0. The van der Waals surface area contributed by atoms with Crippen LogP contribution in [0.3, 0.4) is 0 Å². The van der Waals surface area contributed by atoms with Gasteiger partial charge in [-0.3, -0.25) is 9.69 Å². The molecule has 1 saturated heterocycles. The number of hydrogen-bond acceptors (Lipinski definition) is 6. The highest BCUT2D eigenvalue weighted by Crippen LogP contribution is 2.14. The van der Waals surface area contributed by atoms with Gasteiger partial charge in [-0.2, -0.15) is 0 Å². The Hall–Kier alpha value is -1.28. The smallest absolute Gasteiger partial charge is 0.268 e. The predicted molar refractivity (Wildman–Crippen MR) is 83.6 cm³/mol. The molecule has 3 rings (SSSR count). The standard InChI is InChI=1S/C14H20N4O2S/c19-6-5-18(8-10-2-1-4-15-10)9-12-16-11-3-7-21-13(11)14(20)17-12/h3,7,10,15,19H,1-2,4-6,8-9H2,(H,16,17,20). The van der Waals surface area contributed by atoms with E-state index < -0.39 is 0 Å². The van der Waals surface area contributed by atoms with E-state index in [9.17, 15) is 9.90 Å². The Bertz CT molecular complexity index is 648. The van der Waals surface area contributed by atoms with Crippen LogP contribution in [-0.2, 0) is 6.54 Å². The van der Waals surface area contributed by atoms with Crippen LogP contribution >= 0.6 is 11.3 Å². The van der Waals surface area contributed by atoms with Crippen molar-refractivity contribution in [1.29, 1.82) is 0 Å². The van der Waals surface area contributed by atoms with Gasteiger partial charge in [-0.15, -0.1) is 11.3 Å². The summed E-state index contributed by atoms with van der Waals surface area (Å²) in [6.45, 7) is 3.18. The Kier molecular flexibility index (Phi) is 4.64. The topological polar surface area (TPSA) is 81.2 Å². The summed E-state index contributed by atoms with van der Waals surface area (Å²) in [5, 5.41) is 14.6. The highest BCUT2D eigenvalue weighted by atomic mass is 32.1. The summed E-state index contributed by atoms with van der Waals surface area (Å²) in [5.41, 5.74) is 0.676. The number of aromatic amines is 1. The Labute approximate surface area is 126 Å². The van der Waals surface area contributed by atoms with Crippen molar-refractivity contribution in [3.63, 3.8) is 0 Å². The molecule has 7 heteroatoms. The number of nitrogens with one attached hydrogen (secondary N) is 2. The van der Waals surface area contributed by atoms with E-state index in [0.717, 1.165) is 25.0 Å². The van der Waals surface area contributed by atoms with Gasteiger partial charge in [-0.1, -0.05) is 0 Å². The summed E-state index contributed by atoms with van der Waals surface area (Å²) in [7, 11) is 0. The van der Waals surface area contributed by atoms with Crippen LogP contribution in [0.4, 0.5) is 0 Å². The van der Waals surface area contributed by atoms with Crippen molar-refractivity contribution in [3.05, 3.63) is 27.6 Å². The molecule has 1 aliphatic heterocycles. The zero-order chi connectivity index (χ0) is 14.7. The number of aromatic nitrogens is 2. The summed E-state index contributed by atoms with van der Waals surface area (Å²) in [6.07, 6.45) is 2.36.